The Hall–Kier alpha value is -1.09. The molecule has 108 valence electrons. The average molecular weight is 266 g/mol. The van der Waals surface area contributed by atoms with Gasteiger partial charge in [0, 0.05) is 25.3 Å². The third-order valence-electron chi connectivity index (χ3n) is 3.37. The highest BCUT2D eigenvalue weighted by Gasteiger charge is 2.03. The summed E-state index contributed by atoms with van der Waals surface area (Å²) < 4.78 is 13.1. The predicted molar refractivity (Wildman–Crippen MR) is 81.3 cm³/mol. The molecule has 1 rings (SSSR count). The van der Waals surface area contributed by atoms with Crippen molar-refractivity contribution in [3.63, 3.8) is 0 Å². The lowest BCUT2D eigenvalue weighted by Crippen LogP contribution is -2.27. The number of anilines is 1. The Morgan fingerprint density at radius 1 is 1.32 bits per heavy atom. The highest BCUT2D eigenvalue weighted by Crippen LogP contribution is 2.14. The van der Waals surface area contributed by atoms with Crippen LogP contribution in [0.15, 0.2) is 24.3 Å². The van der Waals surface area contributed by atoms with Crippen LogP contribution in [0.5, 0.6) is 0 Å². The summed E-state index contributed by atoms with van der Waals surface area (Å²) in [5.74, 6) is -0.165. The highest BCUT2D eigenvalue weighted by atomic mass is 19.1. The molecule has 19 heavy (non-hydrogen) atoms. The summed E-state index contributed by atoms with van der Waals surface area (Å²) >= 11 is 0. The molecular weight excluding hydrogens is 239 g/mol. The van der Waals surface area contributed by atoms with Crippen molar-refractivity contribution in [2.45, 2.75) is 45.6 Å². The quantitative estimate of drug-likeness (QED) is 0.684. The van der Waals surface area contributed by atoms with Crippen molar-refractivity contribution < 1.29 is 4.39 Å². The molecule has 1 atom stereocenters. The molecule has 0 radical (unpaired) electrons. The van der Waals surface area contributed by atoms with Gasteiger partial charge in [0.15, 0.2) is 0 Å². The zero-order valence-electron chi connectivity index (χ0n) is 12.5. The van der Waals surface area contributed by atoms with Crippen molar-refractivity contribution in [2.75, 3.05) is 25.0 Å². The maximum atomic E-state index is 13.1. The van der Waals surface area contributed by atoms with Gasteiger partial charge in [0.1, 0.15) is 5.82 Å². The van der Waals surface area contributed by atoms with Gasteiger partial charge in [-0.3, -0.25) is 0 Å². The highest BCUT2D eigenvalue weighted by molar-refractivity contribution is 5.45. The molecule has 1 unspecified atom stereocenters. The summed E-state index contributed by atoms with van der Waals surface area (Å²) in [5, 5.41) is 3.50. The fraction of sp³-hybridized carbons (Fsp3) is 0.625. The van der Waals surface area contributed by atoms with E-state index in [0.29, 0.717) is 6.04 Å². The third kappa shape index (κ3) is 6.58. The second-order valence-corrected chi connectivity index (χ2v) is 5.25. The van der Waals surface area contributed by atoms with Crippen LogP contribution in [-0.2, 0) is 0 Å². The van der Waals surface area contributed by atoms with Gasteiger partial charge in [0.2, 0.25) is 0 Å². The molecule has 3 heteroatoms. The third-order valence-corrected chi connectivity index (χ3v) is 3.37. The van der Waals surface area contributed by atoms with Crippen LogP contribution in [-0.4, -0.2) is 26.2 Å². The van der Waals surface area contributed by atoms with E-state index in [9.17, 15) is 4.39 Å². The van der Waals surface area contributed by atoms with Crippen LogP contribution in [0.4, 0.5) is 10.1 Å². The fourth-order valence-electron chi connectivity index (χ4n) is 2.13. The molecule has 0 aliphatic heterocycles. The van der Waals surface area contributed by atoms with E-state index in [1.54, 1.807) is 12.1 Å². The van der Waals surface area contributed by atoms with Crippen LogP contribution < -0.4 is 10.2 Å². The second-order valence-electron chi connectivity index (χ2n) is 5.25. The smallest absolute Gasteiger partial charge is 0.125 e. The van der Waals surface area contributed by atoms with Gasteiger partial charge in [0.25, 0.3) is 0 Å². The van der Waals surface area contributed by atoms with E-state index < -0.39 is 0 Å². The number of nitrogens with one attached hydrogen (secondary N) is 1. The Kier molecular flexibility index (Phi) is 7.49. The molecule has 1 N–H and O–H groups in total. The molecule has 0 saturated heterocycles. The Morgan fingerprint density at radius 2 is 2.11 bits per heavy atom. The normalized spacial score (nSPS) is 12.4. The van der Waals surface area contributed by atoms with E-state index >= 15 is 0 Å². The summed E-state index contributed by atoms with van der Waals surface area (Å²) in [7, 11) is 2.02. The summed E-state index contributed by atoms with van der Waals surface area (Å²) in [6.45, 7) is 6.51. The van der Waals surface area contributed by atoms with Crippen molar-refractivity contribution in [3.05, 3.63) is 30.1 Å². The number of nitrogens with zero attached hydrogens (tertiary/aromatic N) is 1. The van der Waals surface area contributed by atoms with Gasteiger partial charge < -0.3 is 10.2 Å². The summed E-state index contributed by atoms with van der Waals surface area (Å²) in [5.41, 5.74) is 0.956. The molecular formula is C16H27FN2. The molecule has 0 aliphatic rings. The minimum absolute atomic E-state index is 0.165. The summed E-state index contributed by atoms with van der Waals surface area (Å²) in [6, 6.07) is 7.38. The Labute approximate surface area is 117 Å². The van der Waals surface area contributed by atoms with Gasteiger partial charge in [-0.15, -0.1) is 0 Å². The van der Waals surface area contributed by atoms with Crippen molar-refractivity contribution in [1.82, 2.24) is 5.32 Å². The maximum absolute atomic E-state index is 13.1. The first-order valence-corrected chi connectivity index (χ1v) is 7.33. The van der Waals surface area contributed by atoms with E-state index in [-0.39, 0.29) is 5.82 Å². The first kappa shape index (κ1) is 16.0. The number of halogens is 1. The SMILES string of the molecule is CCCNC(C)CCCCN(C)c1cccc(F)c1. The number of benzene rings is 1. The van der Waals surface area contributed by atoms with E-state index in [4.69, 9.17) is 0 Å². The summed E-state index contributed by atoms with van der Waals surface area (Å²) in [6.07, 6.45) is 4.74. The van der Waals surface area contributed by atoms with E-state index in [1.807, 2.05) is 13.1 Å². The summed E-state index contributed by atoms with van der Waals surface area (Å²) in [4.78, 5) is 2.12. The number of hydrogen-bond donors (Lipinski definition) is 1. The van der Waals surface area contributed by atoms with E-state index in [0.717, 1.165) is 25.2 Å². The predicted octanol–water partition coefficient (Wildman–Crippen LogP) is 3.82. The van der Waals surface area contributed by atoms with Gasteiger partial charge in [0.05, 0.1) is 0 Å². The van der Waals surface area contributed by atoms with Crippen molar-refractivity contribution in [3.8, 4) is 0 Å². The van der Waals surface area contributed by atoms with Gasteiger partial charge in [-0.1, -0.05) is 19.4 Å². The first-order chi connectivity index (χ1) is 9.13. The minimum Gasteiger partial charge on any atom is -0.375 e. The molecule has 0 saturated carbocycles. The number of hydrogen-bond acceptors (Lipinski definition) is 2. The molecule has 1 aromatic carbocycles. The largest absolute Gasteiger partial charge is 0.375 e. The Balaban J connectivity index is 2.18. The standard InChI is InChI=1S/C16H27FN2/c1-4-11-18-14(2)8-5-6-12-19(3)16-10-7-9-15(17)13-16/h7,9-10,13-14,18H,4-6,8,11-12H2,1-3H3. The maximum Gasteiger partial charge on any atom is 0.125 e. The topological polar surface area (TPSA) is 15.3 Å². The molecule has 0 bridgehead atoms. The van der Waals surface area contributed by atoms with Crippen LogP contribution in [0, 0.1) is 5.82 Å². The number of unbranched alkanes of at least 4 members (excludes halogenated alkanes) is 1. The number of rotatable bonds is 9. The molecule has 2 nitrogen and oxygen atoms in total. The van der Waals surface area contributed by atoms with Crippen LogP contribution in [0.25, 0.3) is 0 Å². The van der Waals surface area contributed by atoms with Gasteiger partial charge in [-0.25, -0.2) is 4.39 Å². The van der Waals surface area contributed by atoms with Crippen LogP contribution >= 0.6 is 0 Å². The van der Waals surface area contributed by atoms with Crippen molar-refractivity contribution in [2.24, 2.45) is 0 Å². The van der Waals surface area contributed by atoms with Gasteiger partial charge >= 0.3 is 0 Å². The van der Waals surface area contributed by atoms with E-state index in [1.165, 1.54) is 25.3 Å². The minimum atomic E-state index is -0.165. The second kappa shape index (κ2) is 8.92. The van der Waals surface area contributed by atoms with Crippen molar-refractivity contribution >= 4 is 5.69 Å². The molecule has 0 amide bonds. The zero-order chi connectivity index (χ0) is 14.1. The zero-order valence-corrected chi connectivity index (χ0v) is 12.5. The lowest BCUT2D eigenvalue weighted by molar-refractivity contribution is 0.490. The van der Waals surface area contributed by atoms with Crippen molar-refractivity contribution in [1.29, 1.82) is 0 Å². The molecule has 1 aromatic rings. The average Bonchev–Trinajstić information content (AvgIpc) is 2.41. The molecule has 0 aromatic heterocycles. The van der Waals surface area contributed by atoms with Gasteiger partial charge in [-0.2, -0.15) is 0 Å². The fourth-order valence-corrected chi connectivity index (χ4v) is 2.13. The van der Waals surface area contributed by atoms with Crippen LogP contribution in [0.1, 0.15) is 39.5 Å². The monoisotopic (exact) mass is 266 g/mol. The van der Waals surface area contributed by atoms with Gasteiger partial charge in [-0.05, 0) is 50.9 Å². The Morgan fingerprint density at radius 3 is 2.79 bits per heavy atom. The van der Waals surface area contributed by atoms with Crippen LogP contribution in [0.3, 0.4) is 0 Å². The van der Waals surface area contributed by atoms with E-state index in [2.05, 4.69) is 24.1 Å². The molecule has 0 fully saturated rings. The lowest BCUT2D eigenvalue weighted by Gasteiger charge is -2.20. The van der Waals surface area contributed by atoms with Crippen LogP contribution in [0.2, 0.25) is 0 Å². The molecule has 0 aliphatic carbocycles. The lowest BCUT2D eigenvalue weighted by atomic mass is 10.1. The molecule has 0 spiro atoms. The first-order valence-electron chi connectivity index (χ1n) is 7.33. The Bertz CT molecular complexity index is 354. The molecule has 0 heterocycles.